The minimum absolute atomic E-state index is 0. The fraction of sp³-hybridized carbons (Fsp3) is 0.190. The molecule has 0 N–H and O–H groups in total. The van der Waals surface area contributed by atoms with E-state index in [-0.39, 0.29) is 36.6 Å². The van der Waals surface area contributed by atoms with Crippen LogP contribution in [0.4, 0.5) is 0 Å². The average Bonchev–Trinajstić information content (AvgIpc) is 3.51. The van der Waals surface area contributed by atoms with Crippen molar-refractivity contribution in [2.24, 2.45) is 0 Å². The van der Waals surface area contributed by atoms with Crippen molar-refractivity contribution in [1.29, 1.82) is 0 Å². The van der Waals surface area contributed by atoms with E-state index in [1.807, 2.05) is 24.4 Å². The molecule has 4 nitrogen and oxygen atoms in total. The smallest absolute Gasteiger partial charge is 0.173 e. The van der Waals surface area contributed by atoms with Crippen LogP contribution in [0.1, 0.15) is 69.7 Å². The molecule has 1 radical (unpaired) electrons. The predicted molar refractivity (Wildman–Crippen MR) is 187 cm³/mol. The Balaban J connectivity index is 0.000000199. The molecule has 7 aromatic rings. The van der Waals surface area contributed by atoms with Crippen LogP contribution in [0.25, 0.3) is 44.5 Å². The number of aryl methyl sites for hydroxylation is 2. The van der Waals surface area contributed by atoms with E-state index < -0.39 is 13.7 Å². The van der Waals surface area contributed by atoms with Gasteiger partial charge in [0, 0.05) is 62.7 Å². The van der Waals surface area contributed by atoms with Gasteiger partial charge in [0.2, 0.25) is 0 Å². The Bertz CT molecular complexity index is 2360. The number of pyridine rings is 2. The second-order valence-electron chi connectivity index (χ2n) is 12.3. The molecule has 0 unspecified atom stereocenters. The Morgan fingerprint density at radius 2 is 1.60 bits per heavy atom. The third-order valence-electron chi connectivity index (χ3n) is 8.56. The second kappa shape index (κ2) is 12.9. The number of aromatic nitrogens is 2. The molecule has 0 spiro atoms. The molecule has 0 bridgehead atoms. The Morgan fingerprint density at radius 3 is 2.34 bits per heavy atom. The van der Waals surface area contributed by atoms with Gasteiger partial charge in [-0.15, -0.1) is 53.6 Å². The minimum Gasteiger partial charge on any atom is -0.497 e. The van der Waals surface area contributed by atoms with Crippen molar-refractivity contribution in [3.63, 3.8) is 0 Å². The number of hydrogen-bond donors (Lipinski definition) is 0. The van der Waals surface area contributed by atoms with Crippen LogP contribution in [-0.2, 0) is 25.5 Å². The fourth-order valence-corrected chi connectivity index (χ4v) is 5.97. The Hall–Kier alpha value is -4.57. The zero-order valence-electron chi connectivity index (χ0n) is 32.4. The van der Waals surface area contributed by atoms with Gasteiger partial charge in [0.1, 0.15) is 5.75 Å². The van der Waals surface area contributed by atoms with E-state index in [1.165, 1.54) is 35.5 Å². The fourth-order valence-electron chi connectivity index (χ4n) is 5.97. The maximum absolute atomic E-state index is 7.28. The summed E-state index contributed by atoms with van der Waals surface area (Å²) in [5, 5.41) is 2.10. The molecule has 3 aromatic heterocycles. The number of furan rings is 1. The van der Waals surface area contributed by atoms with E-state index in [1.54, 1.807) is 12.1 Å². The summed E-state index contributed by atoms with van der Waals surface area (Å²) < 4.78 is 56.6. The topological polar surface area (TPSA) is 48.2 Å². The number of ether oxygens (including phenoxy) is 1. The zero-order valence-corrected chi connectivity index (χ0v) is 28.8. The van der Waals surface area contributed by atoms with Gasteiger partial charge in [-0.1, -0.05) is 99.6 Å². The van der Waals surface area contributed by atoms with E-state index in [0.717, 1.165) is 50.3 Å². The molecule has 4 heterocycles. The summed E-state index contributed by atoms with van der Waals surface area (Å²) in [7, 11) is 0. The first kappa shape index (κ1) is 25.5. The summed E-state index contributed by atoms with van der Waals surface area (Å²) >= 11 is 0. The predicted octanol–water partition coefficient (Wildman–Crippen LogP) is 11.2. The van der Waals surface area contributed by atoms with Crippen LogP contribution in [0.3, 0.4) is 0 Å². The molecule has 4 aromatic carbocycles. The molecule has 0 saturated carbocycles. The number of nitrogens with zero attached hydrogens (tertiary/aromatic N) is 2. The molecular formula is C42H36IrN2O2-2. The maximum atomic E-state index is 7.28. The number of rotatable bonds is 3. The summed E-state index contributed by atoms with van der Waals surface area (Å²) in [5.41, 5.74) is 8.26. The third kappa shape index (κ3) is 6.02. The number of fused-ring (bicyclic) bond motifs is 6. The Kier molecular flexibility index (Phi) is 7.01. The monoisotopic (exact) mass is 799 g/mol. The van der Waals surface area contributed by atoms with Gasteiger partial charge in [0.05, 0.1) is 5.58 Å². The Labute approximate surface area is 298 Å². The number of hydrogen-bond acceptors (Lipinski definition) is 4. The SMILES string of the molecule is CC(C)c1ccnc(-c2[c-]ccc3c2oc2c4c(ccc23)C(C)(C)c2ccccc2O4)c1.[2H]C([2H])([2H])c1c[c-]c(-c2ccc(C([2H])([2H])[2H])cn2)cc1.[Ir]. The van der Waals surface area contributed by atoms with Crippen LogP contribution < -0.4 is 4.74 Å². The van der Waals surface area contributed by atoms with Crippen LogP contribution in [0.15, 0.2) is 108 Å². The van der Waals surface area contributed by atoms with Gasteiger partial charge in [-0.05, 0) is 41.9 Å². The summed E-state index contributed by atoms with van der Waals surface area (Å²) in [6, 6.07) is 34.6. The molecule has 47 heavy (non-hydrogen) atoms. The van der Waals surface area contributed by atoms with E-state index in [4.69, 9.17) is 17.4 Å². The van der Waals surface area contributed by atoms with Crippen molar-refractivity contribution in [2.75, 3.05) is 0 Å². The molecule has 0 amide bonds. The van der Waals surface area contributed by atoms with Crippen molar-refractivity contribution in [2.45, 2.75) is 52.7 Å². The summed E-state index contributed by atoms with van der Waals surface area (Å²) in [6.45, 7) is 4.51. The van der Waals surface area contributed by atoms with Crippen molar-refractivity contribution in [3.05, 3.63) is 143 Å². The molecule has 0 atom stereocenters. The quantitative estimate of drug-likeness (QED) is 0.167. The van der Waals surface area contributed by atoms with Crippen molar-refractivity contribution in [3.8, 4) is 34.0 Å². The van der Waals surface area contributed by atoms with Gasteiger partial charge < -0.3 is 19.1 Å². The van der Waals surface area contributed by atoms with Gasteiger partial charge in [0.15, 0.2) is 11.3 Å². The molecule has 1 aliphatic rings. The Morgan fingerprint density at radius 1 is 0.787 bits per heavy atom. The van der Waals surface area contributed by atoms with Crippen molar-refractivity contribution >= 4 is 21.9 Å². The van der Waals surface area contributed by atoms with Gasteiger partial charge >= 0.3 is 0 Å². The molecular weight excluding hydrogens is 757 g/mol. The molecule has 8 rings (SSSR count). The number of para-hydroxylation sites is 1. The molecule has 237 valence electrons. The summed E-state index contributed by atoms with van der Waals surface area (Å²) in [5.74, 6) is 2.11. The van der Waals surface area contributed by atoms with E-state index in [9.17, 15) is 0 Å². The van der Waals surface area contributed by atoms with Gasteiger partial charge in [0.25, 0.3) is 0 Å². The molecule has 5 heteroatoms. The summed E-state index contributed by atoms with van der Waals surface area (Å²) in [6.07, 6.45) is 3.16. The van der Waals surface area contributed by atoms with Gasteiger partial charge in [-0.3, -0.25) is 0 Å². The van der Waals surface area contributed by atoms with E-state index in [2.05, 4.69) is 92.3 Å². The minimum atomic E-state index is -2.18. The average molecular weight is 799 g/mol. The molecule has 0 saturated heterocycles. The largest absolute Gasteiger partial charge is 0.497 e. The van der Waals surface area contributed by atoms with E-state index >= 15 is 0 Å². The molecule has 0 aliphatic carbocycles. The third-order valence-corrected chi connectivity index (χ3v) is 8.56. The standard InChI is InChI=1S/C29H24NO2.C13H12N.Ir/c1-17(2)18-14-15-30-24(16-18)21-9-7-8-19-20-12-13-23-28(27(20)32-26(19)21)31-25-11-6-5-10-22(25)29(23,3)4;1-10-3-6-12(7-4-10)13-8-5-11(2)9-14-13;/h5-8,10-17H,1-4H3;3-6,8-9H,1-2H3;/q2*-1;/i;1D3,2D3;. The zero-order chi connectivity index (χ0) is 37.0. The van der Waals surface area contributed by atoms with Crippen LogP contribution in [-0.4, -0.2) is 9.97 Å². The van der Waals surface area contributed by atoms with Crippen molar-refractivity contribution in [1.82, 2.24) is 9.97 Å². The summed E-state index contributed by atoms with van der Waals surface area (Å²) in [4.78, 5) is 8.71. The first-order chi connectivity index (χ1) is 24.6. The van der Waals surface area contributed by atoms with Crippen LogP contribution in [0, 0.1) is 25.8 Å². The van der Waals surface area contributed by atoms with Crippen LogP contribution in [0.2, 0.25) is 0 Å². The van der Waals surface area contributed by atoms with Crippen LogP contribution >= 0.6 is 0 Å². The number of benzene rings is 4. The molecule has 0 fully saturated rings. The van der Waals surface area contributed by atoms with E-state index in [0.29, 0.717) is 17.2 Å². The first-order valence-electron chi connectivity index (χ1n) is 18.3. The van der Waals surface area contributed by atoms with Gasteiger partial charge in [-0.2, -0.15) is 0 Å². The normalized spacial score (nSPS) is 15.3. The van der Waals surface area contributed by atoms with Crippen molar-refractivity contribution < 1.29 is 37.5 Å². The van der Waals surface area contributed by atoms with Gasteiger partial charge in [-0.25, -0.2) is 0 Å². The second-order valence-corrected chi connectivity index (χ2v) is 12.3. The first-order valence-corrected chi connectivity index (χ1v) is 15.3. The molecule has 1 aliphatic heterocycles. The van der Waals surface area contributed by atoms with Crippen LogP contribution in [0.5, 0.6) is 11.5 Å². The maximum Gasteiger partial charge on any atom is 0.173 e.